The molecule has 2 aliphatic rings. The molecule has 2 atom stereocenters. The van der Waals surface area contributed by atoms with Gasteiger partial charge in [-0.05, 0) is 5.56 Å². The zero-order valence-electron chi connectivity index (χ0n) is 16.2. The average molecular weight is 476 g/mol. The third-order valence-corrected chi connectivity index (χ3v) is 7.05. The summed E-state index contributed by atoms with van der Waals surface area (Å²) in [7, 11) is 0. The second-order valence-corrected chi connectivity index (χ2v) is 9.33. The van der Waals surface area contributed by atoms with Gasteiger partial charge in [-0.25, -0.2) is 0 Å². The van der Waals surface area contributed by atoms with Gasteiger partial charge in [-0.3, -0.25) is 24.1 Å². The predicted molar refractivity (Wildman–Crippen MR) is 120 cm³/mol. The van der Waals surface area contributed by atoms with Gasteiger partial charge in [0.05, 0.1) is 6.42 Å². The molecule has 1 fully saturated rings. The van der Waals surface area contributed by atoms with E-state index in [-0.39, 0.29) is 29.8 Å². The lowest BCUT2D eigenvalue weighted by Gasteiger charge is -2.49. The Labute approximate surface area is 191 Å². The van der Waals surface area contributed by atoms with E-state index in [9.17, 15) is 19.2 Å². The Kier molecular flexibility index (Phi) is 6.12. The molecule has 0 spiro atoms. The van der Waals surface area contributed by atoms with Crippen LogP contribution in [0.5, 0.6) is 0 Å². The maximum atomic E-state index is 12.8. The SMILES string of the molecule is CC(=O)Nc1nnc(C2=C(C(=O)S)N3C(=O)[C@@H](NC(=O)Cc4ccccc4)[C@H]3SC2)s1. The Morgan fingerprint density at radius 3 is 2.65 bits per heavy atom. The zero-order chi connectivity index (χ0) is 22.1. The number of nitrogens with zero attached hydrogens (tertiary/aromatic N) is 3. The first-order chi connectivity index (χ1) is 14.8. The van der Waals surface area contributed by atoms with E-state index >= 15 is 0 Å². The molecule has 12 heteroatoms. The molecule has 0 radical (unpaired) electrons. The lowest BCUT2D eigenvalue weighted by Crippen LogP contribution is -2.70. The van der Waals surface area contributed by atoms with Crippen molar-refractivity contribution >= 4 is 69.3 Å². The van der Waals surface area contributed by atoms with Crippen LogP contribution in [0.1, 0.15) is 17.5 Å². The fourth-order valence-corrected chi connectivity index (χ4v) is 5.85. The lowest BCUT2D eigenvalue weighted by atomic mass is 10.0. The Hall–Kier alpha value is -2.70. The van der Waals surface area contributed by atoms with Crippen LogP contribution in [0, 0.1) is 0 Å². The van der Waals surface area contributed by atoms with E-state index in [1.165, 1.54) is 23.6 Å². The fraction of sp³-hybridized carbons (Fsp3) is 0.263. The number of carbonyl (C=O) groups is 4. The van der Waals surface area contributed by atoms with Crippen LogP contribution in [-0.4, -0.2) is 55.1 Å². The van der Waals surface area contributed by atoms with Crippen molar-refractivity contribution in [3.8, 4) is 0 Å². The molecular weight excluding hydrogens is 458 g/mol. The summed E-state index contributed by atoms with van der Waals surface area (Å²) in [5, 5.41) is 13.0. The number of hydrogen-bond acceptors (Lipinski definition) is 8. The Morgan fingerprint density at radius 2 is 1.97 bits per heavy atom. The molecule has 1 aromatic carbocycles. The van der Waals surface area contributed by atoms with Crippen LogP contribution in [-0.2, 0) is 25.6 Å². The third kappa shape index (κ3) is 4.36. The molecule has 1 aromatic heterocycles. The van der Waals surface area contributed by atoms with Crippen molar-refractivity contribution in [2.24, 2.45) is 0 Å². The third-order valence-electron chi connectivity index (χ3n) is 4.66. The zero-order valence-corrected chi connectivity index (χ0v) is 18.7. The molecule has 0 saturated carbocycles. The standard InChI is InChI=1S/C19H17N5O4S3/c1-9(25)20-19-23-22-15(31-19)11-8-30-17-13(16(27)24(17)14(11)18(28)29)21-12(26)7-10-5-3-2-4-6-10/h2-6,13,17H,7-8H2,1H3,(H,21,26)(H,28,29)(H,20,23,25)/t13-,17-/m1/s1. The van der Waals surface area contributed by atoms with Gasteiger partial charge in [0.15, 0.2) is 0 Å². The van der Waals surface area contributed by atoms with Crippen molar-refractivity contribution in [2.45, 2.75) is 24.8 Å². The summed E-state index contributed by atoms with van der Waals surface area (Å²) in [6, 6.07) is 8.52. The van der Waals surface area contributed by atoms with E-state index < -0.39 is 16.5 Å². The summed E-state index contributed by atoms with van der Waals surface area (Å²) in [6.45, 7) is 1.36. The van der Waals surface area contributed by atoms with E-state index in [2.05, 4.69) is 33.5 Å². The molecule has 2 aromatic rings. The number of β-lactam (4-membered cyclic amide) rings is 1. The number of aromatic nitrogens is 2. The van der Waals surface area contributed by atoms with Gasteiger partial charge in [0.1, 0.15) is 22.1 Å². The minimum atomic E-state index is -0.713. The van der Waals surface area contributed by atoms with Gasteiger partial charge in [-0.1, -0.05) is 54.3 Å². The molecule has 31 heavy (non-hydrogen) atoms. The number of hydrogen-bond donors (Lipinski definition) is 3. The van der Waals surface area contributed by atoms with Crippen molar-refractivity contribution in [1.29, 1.82) is 0 Å². The molecule has 1 saturated heterocycles. The van der Waals surface area contributed by atoms with E-state index in [0.717, 1.165) is 16.9 Å². The monoisotopic (exact) mass is 475 g/mol. The van der Waals surface area contributed by atoms with Gasteiger partial charge in [0.2, 0.25) is 22.1 Å². The van der Waals surface area contributed by atoms with Gasteiger partial charge in [-0.2, -0.15) is 0 Å². The molecule has 9 nitrogen and oxygen atoms in total. The maximum absolute atomic E-state index is 12.8. The molecule has 160 valence electrons. The van der Waals surface area contributed by atoms with Crippen molar-refractivity contribution in [3.05, 3.63) is 46.6 Å². The molecule has 2 aliphatic heterocycles. The number of rotatable bonds is 6. The molecule has 2 N–H and O–H groups in total. The van der Waals surface area contributed by atoms with Gasteiger partial charge in [-0.15, -0.1) is 22.0 Å². The van der Waals surface area contributed by atoms with Crippen molar-refractivity contribution in [3.63, 3.8) is 0 Å². The summed E-state index contributed by atoms with van der Waals surface area (Å²) in [6.07, 6.45) is 0.165. The molecule has 0 aliphatic carbocycles. The number of nitrogens with one attached hydrogen (secondary N) is 2. The molecule has 0 bridgehead atoms. The minimum absolute atomic E-state index is 0.135. The highest BCUT2D eigenvalue weighted by atomic mass is 32.2. The van der Waals surface area contributed by atoms with Crippen LogP contribution in [0.15, 0.2) is 36.0 Å². The molecule has 4 rings (SSSR count). The van der Waals surface area contributed by atoms with E-state index in [4.69, 9.17) is 0 Å². The number of anilines is 1. The molecule has 3 amide bonds. The largest absolute Gasteiger partial charge is 0.341 e. The molecule has 3 heterocycles. The van der Waals surface area contributed by atoms with Gasteiger partial charge in [0.25, 0.3) is 5.91 Å². The minimum Gasteiger partial charge on any atom is -0.341 e. The Balaban J connectivity index is 1.51. The normalized spacial score (nSPS) is 20.1. The van der Waals surface area contributed by atoms with Crippen LogP contribution in [0.3, 0.4) is 0 Å². The Morgan fingerprint density at radius 1 is 1.23 bits per heavy atom. The van der Waals surface area contributed by atoms with E-state index in [1.54, 1.807) is 0 Å². The maximum Gasteiger partial charge on any atom is 0.253 e. The first-order valence-electron chi connectivity index (χ1n) is 9.21. The number of carbonyl (C=O) groups excluding carboxylic acids is 4. The summed E-state index contributed by atoms with van der Waals surface area (Å²) in [5.41, 5.74) is 1.51. The summed E-state index contributed by atoms with van der Waals surface area (Å²) < 4.78 is 0. The number of fused-ring (bicyclic) bond motifs is 1. The number of thioether (sulfide) groups is 1. The smallest absolute Gasteiger partial charge is 0.253 e. The number of benzene rings is 1. The highest BCUT2D eigenvalue weighted by Crippen LogP contribution is 2.44. The van der Waals surface area contributed by atoms with E-state index in [1.807, 2.05) is 30.3 Å². The predicted octanol–water partition coefficient (Wildman–Crippen LogP) is 1.31. The van der Waals surface area contributed by atoms with Crippen LogP contribution in [0.2, 0.25) is 0 Å². The average Bonchev–Trinajstić information content (AvgIpc) is 3.19. The van der Waals surface area contributed by atoms with E-state index in [0.29, 0.717) is 21.5 Å². The fourth-order valence-electron chi connectivity index (χ4n) is 3.34. The van der Waals surface area contributed by atoms with Crippen LogP contribution in [0.4, 0.5) is 5.13 Å². The van der Waals surface area contributed by atoms with Crippen molar-refractivity contribution in [2.75, 3.05) is 11.1 Å². The van der Waals surface area contributed by atoms with Gasteiger partial charge >= 0.3 is 0 Å². The highest BCUT2D eigenvalue weighted by molar-refractivity contribution is 8.00. The first kappa shape index (κ1) is 21.5. The number of amides is 3. The van der Waals surface area contributed by atoms with Gasteiger partial charge < -0.3 is 10.6 Å². The Bertz CT molecular complexity index is 1100. The summed E-state index contributed by atoms with van der Waals surface area (Å²) in [4.78, 5) is 50.0. The lowest BCUT2D eigenvalue weighted by molar-refractivity contribution is -0.146. The molecular formula is C19H17N5O4S3. The van der Waals surface area contributed by atoms with Crippen LogP contribution >= 0.6 is 35.7 Å². The summed E-state index contributed by atoms with van der Waals surface area (Å²) >= 11 is 6.48. The second-order valence-electron chi connectivity index (χ2n) is 6.84. The number of thiol groups is 1. The quantitative estimate of drug-likeness (QED) is 0.425. The van der Waals surface area contributed by atoms with Crippen molar-refractivity contribution in [1.82, 2.24) is 20.4 Å². The molecule has 0 unspecified atom stereocenters. The summed E-state index contributed by atoms with van der Waals surface area (Å²) in [5.74, 6) is -0.537. The topological polar surface area (TPSA) is 121 Å². The second kappa shape index (κ2) is 8.81. The highest BCUT2D eigenvalue weighted by Gasteiger charge is 2.54. The van der Waals surface area contributed by atoms with Crippen LogP contribution in [0.25, 0.3) is 5.57 Å². The van der Waals surface area contributed by atoms with Crippen LogP contribution < -0.4 is 10.6 Å². The van der Waals surface area contributed by atoms with Gasteiger partial charge in [0, 0.05) is 18.2 Å². The first-order valence-corrected chi connectivity index (χ1v) is 11.5. The van der Waals surface area contributed by atoms with Crippen molar-refractivity contribution < 1.29 is 19.2 Å².